The number of nitrogens with one attached hydrogen (secondary N) is 1. The van der Waals surface area contributed by atoms with Gasteiger partial charge in [-0.2, -0.15) is 5.26 Å². The maximum Gasteiger partial charge on any atom is 0.233 e. The van der Waals surface area contributed by atoms with Crippen molar-refractivity contribution in [2.45, 2.75) is 19.4 Å². The van der Waals surface area contributed by atoms with Gasteiger partial charge in [0, 0.05) is 18.8 Å². The molecule has 0 fully saturated rings. The molecule has 2 aromatic rings. The van der Waals surface area contributed by atoms with Crippen LogP contribution in [0.15, 0.2) is 48.5 Å². The van der Waals surface area contributed by atoms with Crippen LogP contribution in [0.4, 0.5) is 5.69 Å². The van der Waals surface area contributed by atoms with Crippen molar-refractivity contribution in [1.29, 1.82) is 5.26 Å². The van der Waals surface area contributed by atoms with Gasteiger partial charge in [0.25, 0.3) is 0 Å². The van der Waals surface area contributed by atoms with Gasteiger partial charge in [-0.25, -0.2) is 0 Å². The molecule has 1 aliphatic heterocycles. The normalized spacial score (nSPS) is 12.9. The molecule has 120 valence electrons. The Hall–Kier alpha value is -3.13. The summed E-state index contributed by atoms with van der Waals surface area (Å²) in [6.07, 6.45) is 0.640. The summed E-state index contributed by atoms with van der Waals surface area (Å²) in [6.45, 7) is 1.19. The van der Waals surface area contributed by atoms with Gasteiger partial charge in [0.15, 0.2) is 0 Å². The molecule has 0 saturated heterocycles. The van der Waals surface area contributed by atoms with Gasteiger partial charge in [0.2, 0.25) is 11.8 Å². The number of anilines is 1. The zero-order valence-corrected chi connectivity index (χ0v) is 13.2. The Labute approximate surface area is 140 Å². The van der Waals surface area contributed by atoms with Crippen molar-refractivity contribution in [3.63, 3.8) is 0 Å². The molecule has 0 aliphatic carbocycles. The molecule has 0 saturated carbocycles. The van der Waals surface area contributed by atoms with E-state index >= 15 is 0 Å². The summed E-state index contributed by atoms with van der Waals surface area (Å²) < 4.78 is 0. The molecule has 5 heteroatoms. The van der Waals surface area contributed by atoms with Crippen LogP contribution in [0.25, 0.3) is 0 Å². The molecule has 3 rings (SSSR count). The molecular formula is C19H17N3O2. The predicted octanol–water partition coefficient (Wildman–Crippen LogP) is 2.47. The Morgan fingerprint density at radius 1 is 1.08 bits per heavy atom. The van der Waals surface area contributed by atoms with Crippen molar-refractivity contribution >= 4 is 17.5 Å². The third-order valence-corrected chi connectivity index (χ3v) is 4.09. The van der Waals surface area contributed by atoms with Gasteiger partial charge < -0.3 is 10.2 Å². The highest BCUT2D eigenvalue weighted by molar-refractivity contribution is 6.03. The van der Waals surface area contributed by atoms with Crippen molar-refractivity contribution in [3.8, 4) is 6.07 Å². The lowest BCUT2D eigenvalue weighted by Gasteiger charge is -2.28. The van der Waals surface area contributed by atoms with Crippen LogP contribution in [-0.4, -0.2) is 23.3 Å². The lowest BCUT2D eigenvalue weighted by molar-refractivity contribution is -0.135. The largest absolute Gasteiger partial charge is 0.338 e. The second-order valence-corrected chi connectivity index (χ2v) is 5.75. The minimum absolute atomic E-state index is 0.171. The number of rotatable bonds is 3. The topological polar surface area (TPSA) is 73.2 Å². The van der Waals surface area contributed by atoms with E-state index in [9.17, 15) is 9.59 Å². The number of fused-ring (bicyclic) bond motifs is 1. The average Bonchev–Trinajstić information content (AvgIpc) is 2.61. The Kier molecular flexibility index (Phi) is 4.57. The van der Waals surface area contributed by atoms with Crippen molar-refractivity contribution < 1.29 is 9.59 Å². The van der Waals surface area contributed by atoms with Crippen molar-refractivity contribution in [2.24, 2.45) is 0 Å². The minimum atomic E-state index is -0.344. The van der Waals surface area contributed by atoms with E-state index in [0.29, 0.717) is 24.3 Å². The standard InChI is InChI=1S/C19H17N3O2/c20-12-14-5-7-17(8-6-14)21-18(23)11-19(24)22-10-9-15-3-1-2-4-16(15)13-22/h1-8H,9-11,13H2,(H,21,23). The first-order valence-corrected chi connectivity index (χ1v) is 7.80. The first kappa shape index (κ1) is 15.8. The fourth-order valence-electron chi connectivity index (χ4n) is 2.79. The van der Waals surface area contributed by atoms with E-state index in [1.54, 1.807) is 29.2 Å². The highest BCUT2D eigenvalue weighted by atomic mass is 16.2. The Morgan fingerprint density at radius 2 is 1.79 bits per heavy atom. The molecule has 0 spiro atoms. The summed E-state index contributed by atoms with van der Waals surface area (Å²) in [4.78, 5) is 26.1. The highest BCUT2D eigenvalue weighted by Crippen LogP contribution is 2.19. The van der Waals surface area contributed by atoms with Gasteiger partial charge in [-0.15, -0.1) is 0 Å². The van der Waals surface area contributed by atoms with Gasteiger partial charge in [-0.1, -0.05) is 24.3 Å². The van der Waals surface area contributed by atoms with E-state index in [2.05, 4.69) is 11.4 Å². The maximum absolute atomic E-state index is 12.3. The molecule has 2 aromatic carbocycles. The summed E-state index contributed by atoms with van der Waals surface area (Å²) in [7, 11) is 0. The van der Waals surface area contributed by atoms with E-state index in [1.807, 2.05) is 24.3 Å². The number of nitriles is 1. The van der Waals surface area contributed by atoms with Crippen LogP contribution < -0.4 is 5.32 Å². The predicted molar refractivity (Wildman–Crippen MR) is 90.0 cm³/mol. The van der Waals surface area contributed by atoms with Crippen LogP contribution in [0.5, 0.6) is 0 Å². The van der Waals surface area contributed by atoms with Gasteiger partial charge in [0.1, 0.15) is 6.42 Å². The number of hydrogen-bond donors (Lipinski definition) is 1. The van der Waals surface area contributed by atoms with Gasteiger partial charge in [-0.05, 0) is 41.8 Å². The first-order valence-electron chi connectivity index (χ1n) is 7.80. The third kappa shape index (κ3) is 3.61. The molecule has 5 nitrogen and oxygen atoms in total. The average molecular weight is 319 g/mol. The summed E-state index contributed by atoms with van der Waals surface area (Å²) >= 11 is 0. The van der Waals surface area contributed by atoms with Crippen LogP contribution in [0.3, 0.4) is 0 Å². The van der Waals surface area contributed by atoms with Crippen molar-refractivity contribution in [2.75, 3.05) is 11.9 Å². The summed E-state index contributed by atoms with van der Waals surface area (Å²) in [5.74, 6) is -0.515. The van der Waals surface area contributed by atoms with E-state index in [1.165, 1.54) is 5.56 Å². The zero-order valence-electron chi connectivity index (χ0n) is 13.2. The number of benzene rings is 2. The lowest BCUT2D eigenvalue weighted by atomic mass is 10.00. The molecule has 2 amide bonds. The van der Waals surface area contributed by atoms with Crippen molar-refractivity contribution in [3.05, 3.63) is 65.2 Å². The molecule has 1 heterocycles. The molecular weight excluding hydrogens is 302 g/mol. The maximum atomic E-state index is 12.3. The fourth-order valence-corrected chi connectivity index (χ4v) is 2.79. The molecule has 0 atom stereocenters. The number of hydrogen-bond acceptors (Lipinski definition) is 3. The first-order chi connectivity index (χ1) is 11.7. The molecule has 0 unspecified atom stereocenters. The fraction of sp³-hybridized carbons (Fsp3) is 0.211. The Bertz CT molecular complexity index is 806. The molecule has 1 N–H and O–H groups in total. The second-order valence-electron chi connectivity index (χ2n) is 5.75. The Balaban J connectivity index is 1.56. The minimum Gasteiger partial charge on any atom is -0.338 e. The number of nitrogens with zero attached hydrogens (tertiary/aromatic N) is 2. The molecule has 0 aromatic heterocycles. The number of carbonyl (C=O) groups excluding carboxylic acids is 2. The van der Waals surface area contributed by atoms with Crippen LogP contribution in [0, 0.1) is 11.3 Å². The van der Waals surface area contributed by atoms with Crippen LogP contribution in [-0.2, 0) is 22.6 Å². The van der Waals surface area contributed by atoms with Gasteiger partial charge in [-0.3, -0.25) is 9.59 Å². The van der Waals surface area contributed by atoms with Crippen LogP contribution in [0.2, 0.25) is 0 Å². The van der Waals surface area contributed by atoms with E-state index in [-0.39, 0.29) is 18.2 Å². The van der Waals surface area contributed by atoms with E-state index < -0.39 is 0 Å². The summed E-state index contributed by atoms with van der Waals surface area (Å²) in [5, 5.41) is 11.4. The molecule has 0 bridgehead atoms. The smallest absolute Gasteiger partial charge is 0.233 e. The number of carbonyl (C=O) groups is 2. The second kappa shape index (κ2) is 6.97. The van der Waals surface area contributed by atoms with Gasteiger partial charge >= 0.3 is 0 Å². The summed E-state index contributed by atoms with van der Waals surface area (Å²) in [6, 6.07) is 16.6. The molecule has 1 aliphatic rings. The van der Waals surface area contributed by atoms with Gasteiger partial charge in [0.05, 0.1) is 11.6 Å². The Morgan fingerprint density at radius 3 is 2.50 bits per heavy atom. The van der Waals surface area contributed by atoms with Crippen molar-refractivity contribution in [1.82, 2.24) is 4.90 Å². The highest BCUT2D eigenvalue weighted by Gasteiger charge is 2.22. The lowest BCUT2D eigenvalue weighted by Crippen LogP contribution is -2.37. The summed E-state index contributed by atoms with van der Waals surface area (Å²) in [5.41, 5.74) is 3.51. The third-order valence-electron chi connectivity index (χ3n) is 4.09. The molecule has 24 heavy (non-hydrogen) atoms. The SMILES string of the molecule is N#Cc1ccc(NC(=O)CC(=O)N2CCc3ccccc3C2)cc1. The zero-order chi connectivity index (χ0) is 16.9. The monoisotopic (exact) mass is 319 g/mol. The van der Waals surface area contributed by atoms with E-state index in [4.69, 9.17) is 5.26 Å². The van der Waals surface area contributed by atoms with Crippen LogP contribution >= 0.6 is 0 Å². The quantitative estimate of drug-likeness (QED) is 0.883. The number of amides is 2. The van der Waals surface area contributed by atoms with E-state index in [0.717, 1.165) is 12.0 Å². The molecule has 0 radical (unpaired) electrons. The van der Waals surface area contributed by atoms with Crippen LogP contribution in [0.1, 0.15) is 23.1 Å².